The van der Waals surface area contributed by atoms with Gasteiger partial charge in [0.2, 0.25) is 11.8 Å². The Bertz CT molecular complexity index is 1060. The Morgan fingerprint density at radius 3 is 2.70 bits per heavy atom. The van der Waals surface area contributed by atoms with Gasteiger partial charge in [-0.2, -0.15) is 0 Å². The first-order valence-corrected chi connectivity index (χ1v) is 13.1. The molecule has 2 aromatic heterocycles. The second-order valence-corrected chi connectivity index (χ2v) is 10.7. The van der Waals surface area contributed by atoms with E-state index in [-0.39, 0.29) is 36.1 Å². The number of hydrogen-bond donors (Lipinski definition) is 2. The van der Waals surface area contributed by atoms with E-state index in [9.17, 15) is 14.4 Å². The van der Waals surface area contributed by atoms with Crippen molar-refractivity contribution in [3.8, 4) is 0 Å². The molecule has 0 aromatic carbocycles. The van der Waals surface area contributed by atoms with Gasteiger partial charge in [-0.1, -0.05) is 11.8 Å². The summed E-state index contributed by atoms with van der Waals surface area (Å²) in [6, 6.07) is 0. The fraction of sp³-hybridized carbons (Fsp3) is 0.591. The Balaban J connectivity index is 1.46. The van der Waals surface area contributed by atoms with Gasteiger partial charge in [-0.15, -0.1) is 21.5 Å². The van der Waals surface area contributed by atoms with Crippen LogP contribution in [-0.4, -0.2) is 44.4 Å². The van der Waals surface area contributed by atoms with Crippen LogP contribution in [0.1, 0.15) is 78.5 Å². The molecule has 11 heteroatoms. The Kier molecular flexibility index (Phi) is 7.38. The third-order valence-electron chi connectivity index (χ3n) is 5.57. The Hall–Kier alpha value is -2.40. The molecule has 2 aliphatic rings. The van der Waals surface area contributed by atoms with Gasteiger partial charge in [-0.05, 0) is 57.9 Å². The highest BCUT2D eigenvalue weighted by molar-refractivity contribution is 7.99. The average Bonchev–Trinajstić information content (AvgIpc) is 3.41. The number of hydrogen-bond acceptors (Lipinski definition) is 8. The maximum atomic E-state index is 12.8. The standard InChI is InChI=1S/C22H29N5O4S2/c1-12(2)31-21(30)18-14-5-3-4-6-15(14)33-20(18)24-17(29)11-32-22-26-25-19(13-7-8-13)27(22)10-9-16(23)28/h12-13H,3-11H2,1-2H3,(H2,23,28)(H,24,29). The van der Waals surface area contributed by atoms with E-state index < -0.39 is 0 Å². The number of aryl methyl sites for hydroxylation is 1. The van der Waals surface area contributed by atoms with E-state index in [0.29, 0.717) is 28.2 Å². The van der Waals surface area contributed by atoms with Crippen molar-refractivity contribution in [2.75, 3.05) is 11.1 Å². The number of thioether (sulfide) groups is 1. The van der Waals surface area contributed by atoms with E-state index in [1.54, 1.807) is 0 Å². The predicted octanol–water partition coefficient (Wildman–Crippen LogP) is 3.27. The summed E-state index contributed by atoms with van der Waals surface area (Å²) in [7, 11) is 0. The van der Waals surface area contributed by atoms with E-state index in [4.69, 9.17) is 10.5 Å². The van der Waals surface area contributed by atoms with E-state index in [2.05, 4.69) is 15.5 Å². The molecular formula is C22H29N5O4S2. The molecule has 0 radical (unpaired) electrons. The number of amides is 2. The summed E-state index contributed by atoms with van der Waals surface area (Å²) in [6.45, 7) is 4.03. The van der Waals surface area contributed by atoms with Crippen LogP contribution in [0.4, 0.5) is 5.00 Å². The number of carbonyl (C=O) groups excluding carboxylic acids is 3. The molecule has 0 aliphatic heterocycles. The molecule has 1 saturated carbocycles. The van der Waals surface area contributed by atoms with Crippen LogP contribution in [0.2, 0.25) is 0 Å². The first-order valence-electron chi connectivity index (χ1n) is 11.3. The fourth-order valence-electron chi connectivity index (χ4n) is 3.92. The van der Waals surface area contributed by atoms with Crippen molar-refractivity contribution in [3.63, 3.8) is 0 Å². The van der Waals surface area contributed by atoms with Crippen LogP contribution in [0, 0.1) is 0 Å². The van der Waals surface area contributed by atoms with Crippen LogP contribution < -0.4 is 11.1 Å². The number of nitrogens with two attached hydrogens (primary N) is 1. The number of aromatic nitrogens is 3. The Morgan fingerprint density at radius 2 is 2.00 bits per heavy atom. The maximum absolute atomic E-state index is 12.8. The van der Waals surface area contributed by atoms with Crippen molar-refractivity contribution in [2.24, 2.45) is 5.73 Å². The Labute approximate surface area is 200 Å². The number of ether oxygens (including phenoxy) is 1. The second kappa shape index (κ2) is 10.3. The Morgan fingerprint density at radius 1 is 1.24 bits per heavy atom. The number of carbonyl (C=O) groups is 3. The highest BCUT2D eigenvalue weighted by Crippen LogP contribution is 2.41. The third kappa shape index (κ3) is 5.75. The lowest BCUT2D eigenvalue weighted by Crippen LogP contribution is -2.19. The molecule has 9 nitrogen and oxygen atoms in total. The van der Waals surface area contributed by atoms with Crippen LogP contribution in [0.25, 0.3) is 0 Å². The number of esters is 1. The topological polar surface area (TPSA) is 129 Å². The zero-order valence-corrected chi connectivity index (χ0v) is 20.5. The van der Waals surface area contributed by atoms with Gasteiger partial charge in [0.15, 0.2) is 5.16 Å². The van der Waals surface area contributed by atoms with E-state index in [1.165, 1.54) is 23.1 Å². The lowest BCUT2D eigenvalue weighted by Gasteiger charge is -2.14. The average molecular weight is 492 g/mol. The number of rotatable bonds is 10. The normalized spacial score (nSPS) is 15.4. The van der Waals surface area contributed by atoms with Crippen LogP contribution in [0.15, 0.2) is 5.16 Å². The number of thiophene rings is 1. The highest BCUT2D eigenvalue weighted by Gasteiger charge is 2.31. The fourth-order valence-corrected chi connectivity index (χ4v) is 5.98. The summed E-state index contributed by atoms with van der Waals surface area (Å²) < 4.78 is 7.36. The summed E-state index contributed by atoms with van der Waals surface area (Å²) in [5.41, 5.74) is 6.83. The molecule has 178 valence electrons. The molecule has 1 fully saturated rings. The van der Waals surface area contributed by atoms with Crippen LogP contribution >= 0.6 is 23.1 Å². The quantitative estimate of drug-likeness (QED) is 0.385. The smallest absolute Gasteiger partial charge is 0.341 e. The molecule has 0 saturated heterocycles. The van der Waals surface area contributed by atoms with Gasteiger partial charge in [0.05, 0.1) is 17.4 Å². The molecule has 0 atom stereocenters. The van der Waals surface area contributed by atoms with Gasteiger partial charge in [0.1, 0.15) is 10.8 Å². The second-order valence-electron chi connectivity index (χ2n) is 8.69. The number of anilines is 1. The van der Waals surface area contributed by atoms with E-state index >= 15 is 0 Å². The minimum atomic E-state index is -0.387. The van der Waals surface area contributed by atoms with Crippen molar-refractivity contribution >= 4 is 45.9 Å². The van der Waals surface area contributed by atoms with Gasteiger partial charge >= 0.3 is 5.97 Å². The SMILES string of the molecule is CC(C)OC(=O)c1c(NC(=O)CSc2nnc(C3CC3)n2CCC(N)=O)sc2c1CCCC2. The lowest BCUT2D eigenvalue weighted by atomic mass is 9.95. The molecule has 2 aliphatic carbocycles. The molecule has 2 amide bonds. The summed E-state index contributed by atoms with van der Waals surface area (Å²) in [4.78, 5) is 38.0. The molecule has 3 N–H and O–H groups in total. The van der Waals surface area contributed by atoms with Gasteiger partial charge in [0.25, 0.3) is 0 Å². The number of primary amides is 1. The van der Waals surface area contributed by atoms with Crippen molar-refractivity contribution in [3.05, 3.63) is 21.8 Å². The summed E-state index contributed by atoms with van der Waals surface area (Å²) >= 11 is 2.74. The van der Waals surface area contributed by atoms with E-state index in [0.717, 1.165) is 54.8 Å². The largest absolute Gasteiger partial charge is 0.459 e. The van der Waals surface area contributed by atoms with Crippen LogP contribution in [0.3, 0.4) is 0 Å². The van der Waals surface area contributed by atoms with Gasteiger partial charge in [-0.3, -0.25) is 9.59 Å². The first-order chi connectivity index (χ1) is 15.8. The van der Waals surface area contributed by atoms with Crippen LogP contribution in [0.5, 0.6) is 0 Å². The van der Waals surface area contributed by atoms with Crippen molar-refractivity contribution in [2.45, 2.75) is 82.5 Å². The zero-order chi connectivity index (χ0) is 23.5. The van der Waals surface area contributed by atoms with E-state index in [1.807, 2.05) is 18.4 Å². The van der Waals surface area contributed by atoms with Gasteiger partial charge in [-0.25, -0.2) is 4.79 Å². The lowest BCUT2D eigenvalue weighted by molar-refractivity contribution is -0.118. The third-order valence-corrected chi connectivity index (χ3v) is 7.75. The van der Waals surface area contributed by atoms with Gasteiger partial charge < -0.3 is 20.4 Å². The molecule has 0 bridgehead atoms. The highest BCUT2D eigenvalue weighted by atomic mass is 32.2. The van der Waals surface area contributed by atoms with Crippen molar-refractivity contribution in [1.29, 1.82) is 0 Å². The van der Waals surface area contributed by atoms with Gasteiger partial charge in [0, 0.05) is 23.8 Å². The molecule has 33 heavy (non-hydrogen) atoms. The maximum Gasteiger partial charge on any atom is 0.341 e. The van der Waals surface area contributed by atoms with Crippen LogP contribution in [-0.2, 0) is 33.7 Å². The molecule has 2 aromatic rings. The zero-order valence-electron chi connectivity index (χ0n) is 18.9. The van der Waals surface area contributed by atoms with Crippen molar-refractivity contribution in [1.82, 2.24) is 14.8 Å². The van der Waals surface area contributed by atoms with Crippen molar-refractivity contribution < 1.29 is 19.1 Å². The molecule has 0 unspecified atom stereocenters. The summed E-state index contributed by atoms with van der Waals surface area (Å²) in [5, 5.41) is 12.6. The number of nitrogens with one attached hydrogen (secondary N) is 1. The molecule has 4 rings (SSSR count). The minimum Gasteiger partial charge on any atom is -0.459 e. The summed E-state index contributed by atoms with van der Waals surface area (Å²) in [5.74, 6) is 0.328. The number of fused-ring (bicyclic) bond motifs is 1. The monoisotopic (exact) mass is 491 g/mol. The summed E-state index contributed by atoms with van der Waals surface area (Å²) in [6.07, 6.45) is 5.92. The molecule has 2 heterocycles. The minimum absolute atomic E-state index is 0.112. The molecule has 0 spiro atoms. The number of nitrogens with zero attached hydrogens (tertiary/aromatic N) is 3. The first kappa shape index (κ1) is 23.7. The molecular weight excluding hydrogens is 462 g/mol. The predicted molar refractivity (Wildman–Crippen MR) is 127 cm³/mol.